The minimum Gasteiger partial charge on any atom is -0.481 e. The number of ether oxygens (including phenoxy) is 2. The molecular formula is C14H17N3O3. The molecule has 6 heteroatoms. The second-order valence-corrected chi connectivity index (χ2v) is 4.99. The van der Waals surface area contributed by atoms with Gasteiger partial charge in [0.25, 0.3) is 0 Å². The van der Waals surface area contributed by atoms with Crippen LogP contribution in [0.15, 0.2) is 22.9 Å². The predicted molar refractivity (Wildman–Crippen MR) is 71.4 cm³/mol. The van der Waals surface area contributed by atoms with Gasteiger partial charge in [0, 0.05) is 37.0 Å². The lowest BCUT2D eigenvalue weighted by Crippen LogP contribution is -2.23. The molecule has 0 spiro atoms. The van der Waals surface area contributed by atoms with E-state index in [0.29, 0.717) is 23.5 Å². The largest absolute Gasteiger partial charge is 0.481 e. The van der Waals surface area contributed by atoms with Crippen molar-refractivity contribution >= 4 is 0 Å². The minimum atomic E-state index is 0.272. The molecule has 1 aliphatic heterocycles. The monoisotopic (exact) mass is 275 g/mol. The summed E-state index contributed by atoms with van der Waals surface area (Å²) >= 11 is 0. The van der Waals surface area contributed by atoms with Gasteiger partial charge in [0.05, 0.1) is 7.11 Å². The van der Waals surface area contributed by atoms with Gasteiger partial charge < -0.3 is 14.0 Å². The van der Waals surface area contributed by atoms with E-state index >= 15 is 0 Å². The number of rotatable bonds is 3. The number of methoxy groups -OCH3 is 1. The van der Waals surface area contributed by atoms with Crippen LogP contribution < -0.4 is 4.74 Å². The smallest absolute Gasteiger partial charge is 0.230 e. The Bertz CT molecular complexity index is 585. The molecule has 0 aromatic carbocycles. The van der Waals surface area contributed by atoms with Crippen molar-refractivity contribution in [3.05, 3.63) is 24.2 Å². The fraction of sp³-hybridized carbons (Fsp3) is 0.500. The van der Waals surface area contributed by atoms with E-state index < -0.39 is 0 Å². The molecule has 1 aliphatic rings. The molecule has 0 amide bonds. The minimum absolute atomic E-state index is 0.272. The summed E-state index contributed by atoms with van der Waals surface area (Å²) in [5.41, 5.74) is 0.839. The summed E-state index contributed by atoms with van der Waals surface area (Å²) in [6.07, 6.45) is 2.59. The molecule has 1 saturated heterocycles. The molecule has 0 unspecified atom stereocenters. The van der Waals surface area contributed by atoms with Crippen molar-refractivity contribution < 1.29 is 14.0 Å². The molecule has 0 saturated carbocycles. The van der Waals surface area contributed by atoms with E-state index in [2.05, 4.69) is 22.0 Å². The second-order valence-electron chi connectivity index (χ2n) is 4.99. The van der Waals surface area contributed by atoms with E-state index in [9.17, 15) is 0 Å². The van der Waals surface area contributed by atoms with E-state index in [0.717, 1.165) is 25.2 Å². The molecule has 1 fully saturated rings. The van der Waals surface area contributed by atoms with Crippen molar-refractivity contribution in [2.75, 3.05) is 20.3 Å². The summed E-state index contributed by atoms with van der Waals surface area (Å²) in [6.45, 7) is 3.63. The highest BCUT2D eigenvalue weighted by molar-refractivity contribution is 5.55. The fourth-order valence-corrected chi connectivity index (χ4v) is 2.41. The van der Waals surface area contributed by atoms with Gasteiger partial charge >= 0.3 is 0 Å². The van der Waals surface area contributed by atoms with Crippen LogP contribution >= 0.6 is 0 Å². The van der Waals surface area contributed by atoms with Gasteiger partial charge in [-0.15, -0.1) is 0 Å². The Hall–Kier alpha value is -1.95. The van der Waals surface area contributed by atoms with E-state index in [1.54, 1.807) is 19.4 Å². The zero-order chi connectivity index (χ0) is 13.9. The predicted octanol–water partition coefficient (Wildman–Crippen LogP) is 2.28. The molecule has 20 heavy (non-hydrogen) atoms. The molecule has 3 heterocycles. The zero-order valence-electron chi connectivity index (χ0n) is 11.6. The van der Waals surface area contributed by atoms with Crippen LogP contribution in [0.4, 0.5) is 0 Å². The SMILES string of the molecule is COc1cc(-c2noc([C@@H]3CCOC[C@H]3C)n2)ccn1. The van der Waals surface area contributed by atoms with Crippen LogP contribution in [0.3, 0.4) is 0 Å². The van der Waals surface area contributed by atoms with E-state index in [1.165, 1.54) is 0 Å². The van der Waals surface area contributed by atoms with Crippen LogP contribution in [0.5, 0.6) is 5.88 Å². The average Bonchev–Trinajstić information content (AvgIpc) is 2.97. The molecule has 3 rings (SSSR count). The molecular weight excluding hydrogens is 258 g/mol. The summed E-state index contributed by atoms with van der Waals surface area (Å²) in [5, 5.41) is 4.06. The second kappa shape index (κ2) is 5.58. The Balaban J connectivity index is 1.85. The highest BCUT2D eigenvalue weighted by Gasteiger charge is 2.28. The van der Waals surface area contributed by atoms with Gasteiger partial charge in [-0.3, -0.25) is 0 Å². The quantitative estimate of drug-likeness (QED) is 0.855. The van der Waals surface area contributed by atoms with Gasteiger partial charge in [0.15, 0.2) is 0 Å². The van der Waals surface area contributed by atoms with Crippen molar-refractivity contribution in [2.45, 2.75) is 19.3 Å². The van der Waals surface area contributed by atoms with Gasteiger partial charge in [-0.05, 0) is 18.4 Å². The zero-order valence-corrected chi connectivity index (χ0v) is 11.6. The van der Waals surface area contributed by atoms with Crippen molar-refractivity contribution in [1.29, 1.82) is 0 Å². The first-order valence-electron chi connectivity index (χ1n) is 6.69. The Morgan fingerprint density at radius 2 is 2.30 bits per heavy atom. The summed E-state index contributed by atoms with van der Waals surface area (Å²) in [5.74, 6) is 2.46. The van der Waals surface area contributed by atoms with Crippen LogP contribution in [-0.2, 0) is 4.74 Å². The lowest BCUT2D eigenvalue weighted by Gasteiger charge is -2.25. The van der Waals surface area contributed by atoms with Gasteiger partial charge in [-0.1, -0.05) is 12.1 Å². The van der Waals surface area contributed by atoms with Crippen molar-refractivity contribution in [3.8, 4) is 17.3 Å². The normalized spacial score (nSPS) is 22.7. The molecule has 2 aromatic rings. The summed E-state index contributed by atoms with van der Waals surface area (Å²) in [4.78, 5) is 8.58. The van der Waals surface area contributed by atoms with Gasteiger partial charge in [-0.25, -0.2) is 4.98 Å². The number of nitrogens with zero attached hydrogens (tertiary/aromatic N) is 3. The third-order valence-electron chi connectivity index (χ3n) is 3.60. The molecule has 0 N–H and O–H groups in total. The van der Waals surface area contributed by atoms with Crippen molar-refractivity contribution in [1.82, 2.24) is 15.1 Å². The van der Waals surface area contributed by atoms with Crippen LogP contribution in [0.2, 0.25) is 0 Å². The first-order chi connectivity index (χ1) is 9.78. The lowest BCUT2D eigenvalue weighted by molar-refractivity contribution is 0.0392. The molecule has 106 valence electrons. The maximum absolute atomic E-state index is 5.44. The van der Waals surface area contributed by atoms with E-state index in [4.69, 9.17) is 14.0 Å². The van der Waals surface area contributed by atoms with E-state index in [1.807, 2.05) is 6.07 Å². The van der Waals surface area contributed by atoms with Gasteiger partial charge in [-0.2, -0.15) is 4.98 Å². The van der Waals surface area contributed by atoms with Crippen LogP contribution in [0.25, 0.3) is 11.4 Å². The molecule has 2 aromatic heterocycles. The first-order valence-corrected chi connectivity index (χ1v) is 6.69. The molecule has 6 nitrogen and oxygen atoms in total. The average molecular weight is 275 g/mol. The topological polar surface area (TPSA) is 70.3 Å². The highest BCUT2D eigenvalue weighted by atomic mass is 16.5. The number of hydrogen-bond donors (Lipinski definition) is 0. The Morgan fingerprint density at radius 3 is 3.10 bits per heavy atom. The Morgan fingerprint density at radius 1 is 1.40 bits per heavy atom. The Labute approximate surface area is 117 Å². The maximum atomic E-state index is 5.44. The Kier molecular flexibility index (Phi) is 3.64. The summed E-state index contributed by atoms with van der Waals surface area (Å²) < 4.78 is 16.0. The number of pyridine rings is 1. The van der Waals surface area contributed by atoms with Crippen molar-refractivity contribution in [3.63, 3.8) is 0 Å². The fourth-order valence-electron chi connectivity index (χ4n) is 2.41. The third-order valence-corrected chi connectivity index (χ3v) is 3.60. The molecule has 2 atom stereocenters. The number of hydrogen-bond acceptors (Lipinski definition) is 6. The first kappa shape index (κ1) is 13.1. The van der Waals surface area contributed by atoms with Crippen LogP contribution in [0, 0.1) is 5.92 Å². The van der Waals surface area contributed by atoms with Gasteiger partial charge in [0.2, 0.25) is 17.6 Å². The molecule has 0 aliphatic carbocycles. The standard InChI is InChI=1S/C14H17N3O3/c1-9-8-19-6-4-11(9)14-16-13(17-20-14)10-3-5-15-12(7-10)18-2/h3,5,7,9,11H,4,6,8H2,1-2H3/t9-,11-/m1/s1. The molecule has 0 bridgehead atoms. The van der Waals surface area contributed by atoms with Crippen molar-refractivity contribution in [2.24, 2.45) is 5.92 Å². The van der Waals surface area contributed by atoms with E-state index in [-0.39, 0.29) is 5.92 Å². The highest BCUT2D eigenvalue weighted by Crippen LogP contribution is 2.31. The lowest BCUT2D eigenvalue weighted by atomic mass is 9.90. The molecule has 0 radical (unpaired) electrons. The van der Waals surface area contributed by atoms with Crippen LogP contribution in [-0.4, -0.2) is 35.4 Å². The summed E-state index contributed by atoms with van der Waals surface area (Å²) in [6, 6.07) is 3.63. The van der Waals surface area contributed by atoms with Crippen LogP contribution in [0.1, 0.15) is 25.2 Å². The van der Waals surface area contributed by atoms with Gasteiger partial charge in [0.1, 0.15) is 0 Å². The third kappa shape index (κ3) is 2.51. The number of aromatic nitrogens is 3. The maximum Gasteiger partial charge on any atom is 0.230 e. The summed E-state index contributed by atoms with van der Waals surface area (Å²) in [7, 11) is 1.58.